The van der Waals surface area contributed by atoms with E-state index in [0.717, 1.165) is 38.4 Å². The Labute approximate surface area is 113 Å². The molecule has 2 N–H and O–H groups in total. The van der Waals surface area contributed by atoms with Crippen LogP contribution in [-0.4, -0.2) is 35.8 Å². The molecule has 0 radical (unpaired) electrons. The van der Waals surface area contributed by atoms with Crippen molar-refractivity contribution in [1.29, 1.82) is 0 Å². The zero-order chi connectivity index (χ0) is 13.0. The molecule has 2 rings (SSSR count). The number of nitrogens with zero attached hydrogens (tertiary/aromatic N) is 2. The van der Waals surface area contributed by atoms with Gasteiger partial charge in [-0.05, 0) is 31.9 Å². The molecule has 2 heterocycles. The van der Waals surface area contributed by atoms with Crippen molar-refractivity contribution in [2.24, 2.45) is 5.73 Å². The molecule has 0 aliphatic carbocycles. The van der Waals surface area contributed by atoms with E-state index in [-0.39, 0.29) is 0 Å². The standard InChI is InChI=1S/C13H19N3OS/c1-2-17-10-6-8-16(9-7-10)12-5-3-4-11(15-12)13(14)18/h3-5,10H,2,6-9H2,1H3,(H2,14,18). The van der Waals surface area contributed by atoms with Crippen molar-refractivity contribution in [3.05, 3.63) is 23.9 Å². The molecule has 0 aromatic carbocycles. The van der Waals surface area contributed by atoms with Gasteiger partial charge in [-0.2, -0.15) is 0 Å². The first-order valence-electron chi connectivity index (χ1n) is 6.34. The van der Waals surface area contributed by atoms with Crippen LogP contribution in [0.3, 0.4) is 0 Å². The molecule has 0 unspecified atom stereocenters. The highest BCUT2D eigenvalue weighted by atomic mass is 32.1. The number of piperidine rings is 1. The average molecular weight is 265 g/mol. The van der Waals surface area contributed by atoms with Gasteiger partial charge in [-0.3, -0.25) is 0 Å². The molecule has 0 saturated carbocycles. The summed E-state index contributed by atoms with van der Waals surface area (Å²) < 4.78 is 5.64. The van der Waals surface area contributed by atoms with Gasteiger partial charge < -0.3 is 15.4 Å². The summed E-state index contributed by atoms with van der Waals surface area (Å²) in [6.45, 7) is 4.77. The van der Waals surface area contributed by atoms with Crippen molar-refractivity contribution in [2.75, 3.05) is 24.6 Å². The van der Waals surface area contributed by atoms with Gasteiger partial charge in [-0.1, -0.05) is 18.3 Å². The van der Waals surface area contributed by atoms with Crippen molar-refractivity contribution in [3.8, 4) is 0 Å². The fraction of sp³-hybridized carbons (Fsp3) is 0.538. The van der Waals surface area contributed by atoms with Crippen molar-refractivity contribution in [2.45, 2.75) is 25.9 Å². The lowest BCUT2D eigenvalue weighted by atomic mass is 10.1. The molecule has 0 bridgehead atoms. The summed E-state index contributed by atoms with van der Waals surface area (Å²) in [5.74, 6) is 0.954. The molecule has 0 atom stereocenters. The third-order valence-corrected chi connectivity index (χ3v) is 3.36. The van der Waals surface area contributed by atoms with Crippen LogP contribution < -0.4 is 10.6 Å². The fourth-order valence-corrected chi connectivity index (χ4v) is 2.34. The second-order valence-corrected chi connectivity index (χ2v) is 4.83. The maximum atomic E-state index is 5.64. The summed E-state index contributed by atoms with van der Waals surface area (Å²) >= 11 is 4.95. The lowest BCUT2D eigenvalue weighted by molar-refractivity contribution is 0.0458. The van der Waals surface area contributed by atoms with Crippen molar-refractivity contribution in [3.63, 3.8) is 0 Å². The number of anilines is 1. The third kappa shape index (κ3) is 3.17. The monoisotopic (exact) mass is 265 g/mol. The molecule has 1 aromatic heterocycles. The van der Waals surface area contributed by atoms with Crippen molar-refractivity contribution < 1.29 is 4.74 Å². The maximum Gasteiger partial charge on any atom is 0.129 e. The molecule has 0 amide bonds. The highest BCUT2D eigenvalue weighted by Crippen LogP contribution is 2.19. The average Bonchev–Trinajstić information content (AvgIpc) is 2.40. The number of pyridine rings is 1. The van der Waals surface area contributed by atoms with Crippen LogP contribution >= 0.6 is 12.2 Å². The van der Waals surface area contributed by atoms with Crippen LogP contribution in [0.4, 0.5) is 5.82 Å². The van der Waals surface area contributed by atoms with Crippen molar-refractivity contribution >= 4 is 23.0 Å². The Morgan fingerprint density at radius 1 is 1.50 bits per heavy atom. The Kier molecular flexibility index (Phi) is 4.49. The molecule has 0 spiro atoms. The molecule has 4 nitrogen and oxygen atoms in total. The van der Waals surface area contributed by atoms with Gasteiger partial charge in [0.05, 0.1) is 11.8 Å². The Morgan fingerprint density at radius 2 is 2.22 bits per heavy atom. The third-order valence-electron chi connectivity index (χ3n) is 3.16. The highest BCUT2D eigenvalue weighted by Gasteiger charge is 2.20. The molecule has 98 valence electrons. The van der Waals surface area contributed by atoms with Crippen LogP contribution in [0.1, 0.15) is 25.5 Å². The van der Waals surface area contributed by atoms with Gasteiger partial charge in [0.15, 0.2) is 0 Å². The smallest absolute Gasteiger partial charge is 0.129 e. The minimum Gasteiger partial charge on any atom is -0.388 e. The Hall–Kier alpha value is -1.20. The zero-order valence-electron chi connectivity index (χ0n) is 10.6. The summed E-state index contributed by atoms with van der Waals surface area (Å²) in [7, 11) is 0. The van der Waals surface area contributed by atoms with Gasteiger partial charge >= 0.3 is 0 Å². The first-order chi connectivity index (χ1) is 8.70. The fourth-order valence-electron chi connectivity index (χ4n) is 2.22. The Bertz CT molecular complexity index is 416. The molecule has 1 saturated heterocycles. The van der Waals surface area contributed by atoms with Crippen LogP contribution in [0.25, 0.3) is 0 Å². The molecule has 18 heavy (non-hydrogen) atoms. The molecule has 1 aliphatic heterocycles. The van der Waals surface area contributed by atoms with E-state index in [4.69, 9.17) is 22.7 Å². The number of thiocarbonyl (C=S) groups is 1. The summed E-state index contributed by atoms with van der Waals surface area (Å²) in [5, 5.41) is 0. The zero-order valence-corrected chi connectivity index (χ0v) is 11.4. The SMILES string of the molecule is CCOC1CCN(c2cccc(C(N)=S)n2)CC1. The molecular formula is C13H19N3OS. The minimum absolute atomic E-state index is 0.348. The second-order valence-electron chi connectivity index (χ2n) is 4.39. The highest BCUT2D eigenvalue weighted by molar-refractivity contribution is 7.80. The number of aromatic nitrogens is 1. The lowest BCUT2D eigenvalue weighted by Crippen LogP contribution is -2.37. The van der Waals surface area contributed by atoms with Gasteiger partial charge in [0.2, 0.25) is 0 Å². The first kappa shape index (κ1) is 13.2. The predicted molar refractivity (Wildman–Crippen MR) is 77.0 cm³/mol. The van der Waals surface area contributed by atoms with Crippen LogP contribution in [0.15, 0.2) is 18.2 Å². The van der Waals surface area contributed by atoms with E-state index < -0.39 is 0 Å². The Morgan fingerprint density at radius 3 is 2.83 bits per heavy atom. The van der Waals surface area contributed by atoms with Crippen molar-refractivity contribution in [1.82, 2.24) is 4.98 Å². The summed E-state index contributed by atoms with van der Waals surface area (Å²) in [5.41, 5.74) is 6.29. The largest absolute Gasteiger partial charge is 0.388 e. The van der Waals surface area contributed by atoms with Gasteiger partial charge in [-0.15, -0.1) is 0 Å². The van der Waals surface area contributed by atoms with E-state index in [1.807, 2.05) is 25.1 Å². The molecule has 1 fully saturated rings. The number of ether oxygens (including phenoxy) is 1. The minimum atomic E-state index is 0.348. The number of hydrogen-bond acceptors (Lipinski definition) is 4. The second kappa shape index (κ2) is 6.11. The van der Waals surface area contributed by atoms with E-state index in [0.29, 0.717) is 16.8 Å². The first-order valence-corrected chi connectivity index (χ1v) is 6.75. The van der Waals surface area contributed by atoms with Crippen LogP contribution in [0, 0.1) is 0 Å². The summed E-state index contributed by atoms with van der Waals surface area (Å²) in [4.78, 5) is 7.10. The van der Waals surface area contributed by atoms with Crippen LogP contribution in [0.5, 0.6) is 0 Å². The van der Waals surface area contributed by atoms with E-state index >= 15 is 0 Å². The Balaban J connectivity index is 2.01. The van der Waals surface area contributed by atoms with Gasteiger partial charge in [0.1, 0.15) is 10.8 Å². The molecule has 1 aromatic rings. The van der Waals surface area contributed by atoms with E-state index in [9.17, 15) is 0 Å². The topological polar surface area (TPSA) is 51.4 Å². The molecular weight excluding hydrogens is 246 g/mol. The maximum absolute atomic E-state index is 5.64. The summed E-state index contributed by atoms with van der Waals surface area (Å²) in [6.07, 6.45) is 2.49. The predicted octanol–water partition coefficient (Wildman–Crippen LogP) is 1.72. The van der Waals surface area contributed by atoms with Crippen LogP contribution in [-0.2, 0) is 4.74 Å². The number of nitrogens with two attached hydrogens (primary N) is 1. The molecule has 5 heteroatoms. The molecule has 1 aliphatic rings. The summed E-state index contributed by atoms with van der Waals surface area (Å²) in [6, 6.07) is 5.80. The quantitative estimate of drug-likeness (QED) is 0.840. The number of rotatable bonds is 4. The normalized spacial score (nSPS) is 16.8. The lowest BCUT2D eigenvalue weighted by Gasteiger charge is -2.32. The van der Waals surface area contributed by atoms with E-state index in [2.05, 4.69) is 9.88 Å². The van der Waals surface area contributed by atoms with Gasteiger partial charge in [0, 0.05) is 19.7 Å². The van der Waals surface area contributed by atoms with Crippen LogP contribution in [0.2, 0.25) is 0 Å². The van der Waals surface area contributed by atoms with Gasteiger partial charge in [-0.25, -0.2) is 4.98 Å². The van der Waals surface area contributed by atoms with E-state index in [1.165, 1.54) is 0 Å². The van der Waals surface area contributed by atoms with Gasteiger partial charge in [0.25, 0.3) is 0 Å². The van der Waals surface area contributed by atoms with E-state index in [1.54, 1.807) is 0 Å². The number of hydrogen-bond donors (Lipinski definition) is 1.